The number of nitrogens with zero attached hydrogens (tertiary/aromatic N) is 1. The van der Waals surface area contributed by atoms with Crippen LogP contribution in [-0.4, -0.2) is 36.7 Å². The molecule has 0 aliphatic carbocycles. The molecule has 2 rings (SSSR count). The lowest BCUT2D eigenvalue weighted by atomic mass is 9.87. The molecule has 0 spiro atoms. The number of carbonyl (C=O) groups is 1. The fourth-order valence-corrected chi connectivity index (χ4v) is 2.30. The number of benzene rings is 1. The van der Waals surface area contributed by atoms with Gasteiger partial charge >= 0.3 is 6.03 Å². The Balaban J connectivity index is 1.72. The summed E-state index contributed by atoms with van der Waals surface area (Å²) in [5.41, 5.74) is 2.67. The second kappa shape index (κ2) is 6.97. The van der Waals surface area contributed by atoms with Crippen LogP contribution < -0.4 is 5.32 Å². The summed E-state index contributed by atoms with van der Waals surface area (Å²) in [4.78, 5) is 13.4. The molecule has 2 amide bonds. The Morgan fingerprint density at radius 3 is 2.55 bits per heavy atom. The van der Waals surface area contributed by atoms with Gasteiger partial charge in [-0.15, -0.1) is 6.58 Å². The number of hydrogen-bond donors (Lipinski definition) is 1. The molecule has 4 heteroatoms. The molecule has 1 heterocycles. The van der Waals surface area contributed by atoms with Crippen LogP contribution in [0.25, 0.3) is 0 Å². The van der Waals surface area contributed by atoms with Gasteiger partial charge < -0.3 is 15.0 Å². The van der Waals surface area contributed by atoms with Gasteiger partial charge in [-0.3, -0.25) is 0 Å². The molecule has 0 unspecified atom stereocenters. The van der Waals surface area contributed by atoms with Crippen LogP contribution in [0.1, 0.15) is 31.9 Å². The maximum Gasteiger partial charge on any atom is 0.317 e. The third kappa shape index (κ3) is 4.34. The summed E-state index contributed by atoms with van der Waals surface area (Å²) in [7, 11) is 0. The number of rotatable bonds is 5. The van der Waals surface area contributed by atoms with Crippen LogP contribution in [0.4, 0.5) is 4.79 Å². The average Bonchev–Trinajstić information content (AvgIpc) is 2.43. The van der Waals surface area contributed by atoms with E-state index in [-0.39, 0.29) is 17.6 Å². The molecule has 1 aromatic rings. The number of carbonyl (C=O) groups excluding carboxylic acids is 1. The van der Waals surface area contributed by atoms with E-state index in [1.165, 1.54) is 11.1 Å². The van der Waals surface area contributed by atoms with Crippen molar-refractivity contribution in [1.82, 2.24) is 10.2 Å². The Morgan fingerprint density at radius 1 is 1.36 bits per heavy atom. The summed E-state index contributed by atoms with van der Waals surface area (Å²) in [5, 5.41) is 2.76. The molecule has 1 aromatic carbocycles. The van der Waals surface area contributed by atoms with Gasteiger partial charge in [0, 0.05) is 6.54 Å². The molecule has 1 saturated heterocycles. The number of likely N-dealkylation sites (tertiary alicyclic amines) is 1. The molecule has 0 aromatic heterocycles. The molecular formula is C18H26N2O2. The molecular weight excluding hydrogens is 276 g/mol. The molecule has 0 atom stereocenters. The van der Waals surface area contributed by atoms with E-state index in [1.54, 1.807) is 11.0 Å². The highest BCUT2D eigenvalue weighted by molar-refractivity contribution is 5.75. The van der Waals surface area contributed by atoms with Crippen molar-refractivity contribution in [2.45, 2.75) is 38.9 Å². The first-order valence-electron chi connectivity index (χ1n) is 7.75. The van der Waals surface area contributed by atoms with Gasteiger partial charge in [0.15, 0.2) is 0 Å². The topological polar surface area (TPSA) is 41.6 Å². The van der Waals surface area contributed by atoms with E-state index in [2.05, 4.69) is 56.9 Å². The molecule has 0 saturated carbocycles. The Kier molecular flexibility index (Phi) is 5.24. The van der Waals surface area contributed by atoms with Gasteiger partial charge in [-0.2, -0.15) is 0 Å². The Hall–Kier alpha value is -1.81. The van der Waals surface area contributed by atoms with Gasteiger partial charge in [0.1, 0.15) is 0 Å². The van der Waals surface area contributed by atoms with E-state index in [1.807, 2.05) is 0 Å². The van der Waals surface area contributed by atoms with Crippen LogP contribution in [0.3, 0.4) is 0 Å². The zero-order valence-corrected chi connectivity index (χ0v) is 13.8. The quantitative estimate of drug-likeness (QED) is 0.849. The van der Waals surface area contributed by atoms with Gasteiger partial charge in [-0.25, -0.2) is 4.79 Å². The lowest BCUT2D eigenvalue weighted by Gasteiger charge is -2.38. The molecule has 1 aliphatic rings. The first-order valence-corrected chi connectivity index (χ1v) is 7.75. The van der Waals surface area contributed by atoms with Crippen molar-refractivity contribution in [3.8, 4) is 0 Å². The van der Waals surface area contributed by atoms with Gasteiger partial charge in [0.25, 0.3) is 0 Å². The SMILES string of the molecule is C=CCNC(=O)N1CC(OCc2ccc(C(C)(C)C)cc2)C1. The normalized spacial score (nSPS) is 15.3. The highest BCUT2D eigenvalue weighted by atomic mass is 16.5. The van der Waals surface area contributed by atoms with Gasteiger partial charge in [0.2, 0.25) is 0 Å². The van der Waals surface area contributed by atoms with Crippen LogP contribution in [0, 0.1) is 0 Å². The zero-order chi connectivity index (χ0) is 16.2. The Morgan fingerprint density at radius 2 is 2.00 bits per heavy atom. The van der Waals surface area contributed by atoms with Crippen molar-refractivity contribution in [2.24, 2.45) is 0 Å². The third-order valence-electron chi connectivity index (χ3n) is 3.84. The second-order valence-electron chi connectivity index (χ2n) is 6.76. The van der Waals surface area contributed by atoms with Crippen molar-refractivity contribution in [2.75, 3.05) is 19.6 Å². The molecule has 1 aliphatic heterocycles. The number of hydrogen-bond acceptors (Lipinski definition) is 2. The molecule has 120 valence electrons. The molecule has 0 bridgehead atoms. The monoisotopic (exact) mass is 302 g/mol. The summed E-state index contributed by atoms with van der Waals surface area (Å²) < 4.78 is 5.83. The second-order valence-corrected chi connectivity index (χ2v) is 6.76. The summed E-state index contributed by atoms with van der Waals surface area (Å²) >= 11 is 0. The largest absolute Gasteiger partial charge is 0.370 e. The van der Waals surface area contributed by atoms with E-state index in [9.17, 15) is 4.79 Å². The predicted molar refractivity (Wildman–Crippen MR) is 88.9 cm³/mol. The first-order chi connectivity index (χ1) is 10.4. The van der Waals surface area contributed by atoms with E-state index in [4.69, 9.17) is 4.74 Å². The minimum atomic E-state index is -0.0470. The molecule has 1 N–H and O–H groups in total. The van der Waals surface area contributed by atoms with Gasteiger partial charge in [-0.05, 0) is 16.5 Å². The van der Waals surface area contributed by atoms with Crippen molar-refractivity contribution >= 4 is 6.03 Å². The molecule has 4 nitrogen and oxygen atoms in total. The predicted octanol–water partition coefficient (Wildman–Crippen LogP) is 3.08. The smallest absolute Gasteiger partial charge is 0.317 e. The summed E-state index contributed by atoms with van der Waals surface area (Å²) in [6.45, 7) is 12.6. The summed E-state index contributed by atoms with van der Waals surface area (Å²) in [5.74, 6) is 0. The summed E-state index contributed by atoms with van der Waals surface area (Å²) in [6.07, 6.45) is 1.81. The average molecular weight is 302 g/mol. The number of amides is 2. The van der Waals surface area contributed by atoms with Crippen LogP contribution in [0.2, 0.25) is 0 Å². The van der Waals surface area contributed by atoms with Crippen LogP contribution in [-0.2, 0) is 16.8 Å². The standard InChI is InChI=1S/C18H26N2O2/c1-5-10-19-17(21)20-11-16(12-20)22-13-14-6-8-15(9-7-14)18(2,3)4/h5-9,16H,1,10-13H2,2-4H3,(H,19,21). The van der Waals surface area contributed by atoms with Gasteiger partial charge in [-0.1, -0.05) is 51.1 Å². The maximum absolute atomic E-state index is 11.6. The number of ether oxygens (including phenoxy) is 1. The maximum atomic E-state index is 11.6. The highest BCUT2D eigenvalue weighted by Crippen LogP contribution is 2.22. The third-order valence-corrected chi connectivity index (χ3v) is 3.84. The lowest BCUT2D eigenvalue weighted by Crippen LogP contribution is -2.57. The zero-order valence-electron chi connectivity index (χ0n) is 13.8. The van der Waals surface area contributed by atoms with Crippen LogP contribution in [0.5, 0.6) is 0 Å². The van der Waals surface area contributed by atoms with Crippen LogP contribution >= 0.6 is 0 Å². The molecule has 22 heavy (non-hydrogen) atoms. The van der Waals surface area contributed by atoms with Crippen molar-refractivity contribution in [3.05, 3.63) is 48.0 Å². The van der Waals surface area contributed by atoms with E-state index >= 15 is 0 Å². The summed E-state index contributed by atoms with van der Waals surface area (Å²) in [6, 6.07) is 8.51. The van der Waals surface area contributed by atoms with Gasteiger partial charge in [0.05, 0.1) is 25.8 Å². The first kappa shape index (κ1) is 16.6. The highest BCUT2D eigenvalue weighted by Gasteiger charge is 2.30. The minimum absolute atomic E-state index is 0.0470. The van der Waals surface area contributed by atoms with Crippen molar-refractivity contribution in [3.63, 3.8) is 0 Å². The Labute approximate surface area is 133 Å². The minimum Gasteiger partial charge on any atom is -0.370 e. The fourth-order valence-electron chi connectivity index (χ4n) is 2.30. The van der Waals surface area contributed by atoms with Crippen molar-refractivity contribution < 1.29 is 9.53 Å². The number of nitrogens with one attached hydrogen (secondary N) is 1. The van der Waals surface area contributed by atoms with E-state index in [0.29, 0.717) is 26.2 Å². The molecule has 1 fully saturated rings. The van der Waals surface area contributed by atoms with E-state index in [0.717, 1.165) is 0 Å². The van der Waals surface area contributed by atoms with Crippen molar-refractivity contribution in [1.29, 1.82) is 0 Å². The van der Waals surface area contributed by atoms with Crippen LogP contribution in [0.15, 0.2) is 36.9 Å². The fraction of sp³-hybridized carbons (Fsp3) is 0.500. The van der Waals surface area contributed by atoms with E-state index < -0.39 is 0 Å². The Bertz CT molecular complexity index is 511. The number of urea groups is 1. The lowest BCUT2D eigenvalue weighted by molar-refractivity contribution is -0.0440. The molecule has 0 radical (unpaired) electrons.